The molecule has 3 rings (SSSR count). The molecule has 26 heavy (non-hydrogen) atoms. The summed E-state index contributed by atoms with van der Waals surface area (Å²) in [5.41, 5.74) is 6.28. The van der Waals surface area contributed by atoms with Gasteiger partial charge in [-0.05, 0) is 35.8 Å². The second kappa shape index (κ2) is 7.70. The van der Waals surface area contributed by atoms with Crippen LogP contribution in [0.15, 0.2) is 52.6 Å². The Hall–Kier alpha value is -3.33. The molecule has 0 saturated heterocycles. The number of ketones is 1. The number of nitrogens with zero attached hydrogens (tertiary/aromatic N) is 2. The van der Waals surface area contributed by atoms with Crippen LogP contribution in [0.25, 0.3) is 11.4 Å². The second-order valence-electron chi connectivity index (χ2n) is 5.33. The molecule has 1 atom stereocenters. The Balaban J connectivity index is 1.83. The Morgan fingerprint density at radius 1 is 1.23 bits per heavy atom. The first-order valence-electron chi connectivity index (χ1n) is 7.59. The molecule has 3 N–H and O–H groups in total. The predicted molar refractivity (Wildman–Crippen MR) is 93.2 cm³/mol. The molecule has 132 valence electrons. The van der Waals surface area contributed by atoms with Crippen LogP contribution in [0.5, 0.6) is 0 Å². The van der Waals surface area contributed by atoms with Gasteiger partial charge in [-0.1, -0.05) is 6.07 Å². The van der Waals surface area contributed by atoms with E-state index in [4.69, 9.17) is 10.2 Å². The zero-order valence-electron chi connectivity index (χ0n) is 13.4. The third-order valence-corrected chi connectivity index (χ3v) is 4.20. The number of primary amides is 1. The lowest BCUT2D eigenvalue weighted by Crippen LogP contribution is -2.47. The number of aromatic nitrogens is 2. The fourth-order valence-electron chi connectivity index (χ4n) is 2.33. The van der Waals surface area contributed by atoms with Crippen molar-refractivity contribution in [3.8, 4) is 11.4 Å². The lowest BCUT2D eigenvalue weighted by atomic mass is 10.1. The van der Waals surface area contributed by atoms with Crippen molar-refractivity contribution in [3.63, 3.8) is 0 Å². The van der Waals surface area contributed by atoms with E-state index in [-0.39, 0.29) is 12.0 Å². The number of amides is 2. The molecule has 3 aromatic rings. The smallest absolute Gasteiger partial charge is 0.287 e. The molecule has 0 aromatic carbocycles. The average Bonchev–Trinajstić information content (AvgIpc) is 3.32. The predicted octanol–water partition coefficient (Wildman–Crippen LogP) is 1.19. The van der Waals surface area contributed by atoms with Crippen molar-refractivity contribution in [2.24, 2.45) is 5.73 Å². The van der Waals surface area contributed by atoms with Gasteiger partial charge in [0.1, 0.15) is 17.5 Å². The van der Waals surface area contributed by atoms with E-state index in [9.17, 15) is 14.4 Å². The van der Waals surface area contributed by atoms with Crippen LogP contribution in [0.4, 0.5) is 0 Å². The average molecular weight is 370 g/mol. The van der Waals surface area contributed by atoms with E-state index in [1.807, 2.05) is 0 Å². The Morgan fingerprint density at radius 3 is 2.73 bits per heavy atom. The molecule has 0 aliphatic carbocycles. The van der Waals surface area contributed by atoms with Gasteiger partial charge in [-0.15, -0.1) is 0 Å². The highest BCUT2D eigenvalue weighted by atomic mass is 32.1. The first kappa shape index (κ1) is 17.5. The summed E-state index contributed by atoms with van der Waals surface area (Å²) in [6, 6.07) is 7.40. The number of nitrogens with two attached hydrogens (primary N) is 1. The van der Waals surface area contributed by atoms with Gasteiger partial charge in [-0.2, -0.15) is 4.37 Å². The normalized spacial score (nSPS) is 11.7. The molecule has 0 bridgehead atoms. The summed E-state index contributed by atoms with van der Waals surface area (Å²) >= 11 is 1.09. The minimum atomic E-state index is -1.14. The fraction of sp³-hybridized carbons (Fsp3) is 0.118. The van der Waals surface area contributed by atoms with E-state index >= 15 is 0 Å². The second-order valence-corrected chi connectivity index (χ2v) is 5.96. The van der Waals surface area contributed by atoms with Crippen LogP contribution >= 0.6 is 11.5 Å². The lowest BCUT2D eigenvalue weighted by molar-refractivity contribution is -0.137. The van der Waals surface area contributed by atoms with Crippen LogP contribution in [0.1, 0.15) is 16.1 Å². The van der Waals surface area contributed by atoms with E-state index in [1.165, 1.54) is 6.26 Å². The topological polar surface area (TPSA) is 128 Å². The Bertz CT molecular complexity index is 921. The van der Waals surface area contributed by atoms with Crippen molar-refractivity contribution in [3.05, 3.63) is 59.5 Å². The van der Waals surface area contributed by atoms with Crippen LogP contribution in [0.3, 0.4) is 0 Å². The van der Waals surface area contributed by atoms with Crippen LogP contribution in [-0.2, 0) is 16.0 Å². The summed E-state index contributed by atoms with van der Waals surface area (Å²) in [6.07, 6.45) is 3.04. The van der Waals surface area contributed by atoms with Crippen LogP contribution < -0.4 is 11.1 Å². The number of hydrogen-bond acceptors (Lipinski definition) is 7. The molecular weight excluding hydrogens is 356 g/mol. The first-order chi connectivity index (χ1) is 12.6. The number of carbonyl (C=O) groups excluding carboxylic acids is 3. The first-order valence-corrected chi connectivity index (χ1v) is 8.42. The van der Waals surface area contributed by atoms with E-state index < -0.39 is 23.6 Å². The molecule has 9 heteroatoms. The van der Waals surface area contributed by atoms with Gasteiger partial charge in [0.25, 0.3) is 11.8 Å². The number of carbonyl (C=O) groups is 3. The van der Waals surface area contributed by atoms with Crippen molar-refractivity contribution >= 4 is 29.1 Å². The van der Waals surface area contributed by atoms with Gasteiger partial charge >= 0.3 is 0 Å². The number of pyridine rings is 1. The highest BCUT2D eigenvalue weighted by Crippen LogP contribution is 2.22. The molecule has 3 aromatic heterocycles. The molecule has 1 unspecified atom stereocenters. The van der Waals surface area contributed by atoms with E-state index in [2.05, 4.69) is 14.7 Å². The van der Waals surface area contributed by atoms with Gasteiger partial charge in [-0.25, -0.2) is 0 Å². The molecule has 0 fully saturated rings. The Kier molecular flexibility index (Phi) is 5.18. The van der Waals surface area contributed by atoms with E-state index in [1.54, 1.807) is 41.9 Å². The van der Waals surface area contributed by atoms with Gasteiger partial charge in [0.05, 0.1) is 17.5 Å². The summed E-state index contributed by atoms with van der Waals surface area (Å²) in [5, 5.41) is 4.09. The zero-order valence-corrected chi connectivity index (χ0v) is 14.2. The maximum Gasteiger partial charge on any atom is 0.287 e. The summed E-state index contributed by atoms with van der Waals surface area (Å²) in [4.78, 5) is 40.2. The largest absolute Gasteiger partial charge is 0.469 e. The quantitative estimate of drug-likeness (QED) is 0.601. The molecule has 0 spiro atoms. The minimum absolute atomic E-state index is 0.0109. The third kappa shape index (κ3) is 3.83. The van der Waals surface area contributed by atoms with Gasteiger partial charge in [0, 0.05) is 18.0 Å². The summed E-state index contributed by atoms with van der Waals surface area (Å²) in [6.45, 7) is 0. The molecule has 0 aliphatic heterocycles. The molecule has 0 radical (unpaired) electrons. The lowest BCUT2D eigenvalue weighted by Gasteiger charge is -2.15. The standard InChI is InChI=1S/C17H14N4O4S/c18-16(23)15(22)13(8-10-4-3-7-25-10)20-17(24)11-9-26-21-14(11)12-5-1-2-6-19-12/h1-7,9,13H,8H2,(H2,18,23)(H,20,24). The van der Waals surface area contributed by atoms with Gasteiger partial charge < -0.3 is 15.5 Å². The van der Waals surface area contributed by atoms with Gasteiger partial charge in [-0.3, -0.25) is 19.4 Å². The maximum atomic E-state index is 12.7. The third-order valence-electron chi connectivity index (χ3n) is 3.57. The molecule has 0 aliphatic rings. The monoisotopic (exact) mass is 370 g/mol. The Labute approximate surface area is 152 Å². The number of Topliss-reactive ketones (excluding diaryl/α,β-unsaturated/α-hetero) is 1. The van der Waals surface area contributed by atoms with Crippen molar-refractivity contribution < 1.29 is 18.8 Å². The van der Waals surface area contributed by atoms with Crippen molar-refractivity contribution in [2.75, 3.05) is 0 Å². The number of rotatable bonds is 7. The van der Waals surface area contributed by atoms with Gasteiger partial charge in [0.15, 0.2) is 0 Å². The molecule has 3 heterocycles. The molecule has 2 amide bonds. The van der Waals surface area contributed by atoms with Crippen LogP contribution in [0.2, 0.25) is 0 Å². The Morgan fingerprint density at radius 2 is 2.08 bits per heavy atom. The molecular formula is C17H14N4O4S. The molecule has 8 nitrogen and oxygen atoms in total. The number of hydrogen-bond donors (Lipinski definition) is 2. The van der Waals surface area contributed by atoms with Gasteiger partial charge in [0.2, 0.25) is 5.78 Å². The summed E-state index contributed by atoms with van der Waals surface area (Å²) in [7, 11) is 0. The highest BCUT2D eigenvalue weighted by Gasteiger charge is 2.28. The van der Waals surface area contributed by atoms with Crippen LogP contribution in [0, 0.1) is 0 Å². The SMILES string of the molecule is NC(=O)C(=O)C(Cc1ccco1)NC(=O)c1csnc1-c1ccccn1. The number of furan rings is 1. The minimum Gasteiger partial charge on any atom is -0.469 e. The maximum absolute atomic E-state index is 12.7. The number of nitrogens with one attached hydrogen (secondary N) is 1. The van der Waals surface area contributed by atoms with Crippen molar-refractivity contribution in [2.45, 2.75) is 12.5 Å². The van der Waals surface area contributed by atoms with Crippen LogP contribution in [-0.4, -0.2) is 33.0 Å². The van der Waals surface area contributed by atoms with Crippen molar-refractivity contribution in [1.82, 2.24) is 14.7 Å². The van der Waals surface area contributed by atoms with E-state index in [0.717, 1.165) is 11.5 Å². The highest BCUT2D eigenvalue weighted by molar-refractivity contribution is 7.04. The van der Waals surface area contributed by atoms with Crippen molar-refractivity contribution in [1.29, 1.82) is 0 Å². The summed E-state index contributed by atoms with van der Waals surface area (Å²) < 4.78 is 9.38. The summed E-state index contributed by atoms with van der Waals surface area (Å²) in [5.74, 6) is -2.14. The fourth-order valence-corrected chi connectivity index (χ4v) is 3.01. The molecule has 0 saturated carbocycles. The zero-order chi connectivity index (χ0) is 18.5. The van der Waals surface area contributed by atoms with E-state index in [0.29, 0.717) is 17.1 Å².